The summed E-state index contributed by atoms with van der Waals surface area (Å²) < 4.78 is 29.5. The van der Waals surface area contributed by atoms with Crippen LogP contribution in [0.2, 0.25) is 0 Å². The van der Waals surface area contributed by atoms with Crippen molar-refractivity contribution in [2.75, 3.05) is 11.9 Å². The van der Waals surface area contributed by atoms with Gasteiger partial charge >= 0.3 is 0 Å². The minimum atomic E-state index is -0.546. The van der Waals surface area contributed by atoms with Gasteiger partial charge in [-0.05, 0) is 29.8 Å². The Morgan fingerprint density at radius 1 is 1.13 bits per heavy atom. The van der Waals surface area contributed by atoms with Gasteiger partial charge in [0.2, 0.25) is 0 Å². The summed E-state index contributed by atoms with van der Waals surface area (Å²) in [5.74, 6) is -0.816. The fourth-order valence-corrected chi connectivity index (χ4v) is 4.06. The molecule has 2 atom stereocenters. The maximum Gasteiger partial charge on any atom is 0.272 e. The van der Waals surface area contributed by atoms with E-state index in [0.717, 1.165) is 5.56 Å². The second-order valence-electron chi connectivity index (χ2n) is 7.10. The highest BCUT2D eigenvalue weighted by Crippen LogP contribution is 2.45. The van der Waals surface area contributed by atoms with Crippen molar-refractivity contribution >= 4 is 16.5 Å². The van der Waals surface area contributed by atoms with Crippen LogP contribution in [0.1, 0.15) is 29.0 Å². The summed E-state index contributed by atoms with van der Waals surface area (Å²) in [6.07, 6.45) is 1.43. The van der Waals surface area contributed by atoms with Crippen molar-refractivity contribution in [3.8, 4) is 0 Å². The Morgan fingerprint density at radius 3 is 2.70 bits per heavy atom. The SMILES string of the molecule is NCCn1ncnc1[C@@H]1c2n[nH]c(=O)c3cc(F)cc(c23)N[C@H]1c1ccc(F)cc1. The van der Waals surface area contributed by atoms with Crippen LogP contribution in [0, 0.1) is 11.6 Å². The zero-order valence-corrected chi connectivity index (χ0v) is 15.6. The van der Waals surface area contributed by atoms with Gasteiger partial charge in [0.05, 0.1) is 29.6 Å². The normalized spacial score (nSPS) is 17.8. The van der Waals surface area contributed by atoms with Gasteiger partial charge in [-0.3, -0.25) is 4.79 Å². The first kappa shape index (κ1) is 18.4. The molecular weight excluding hydrogens is 392 g/mol. The van der Waals surface area contributed by atoms with Crippen molar-refractivity contribution in [2.24, 2.45) is 5.73 Å². The summed E-state index contributed by atoms with van der Waals surface area (Å²) in [5, 5.41) is 15.0. The Balaban J connectivity index is 1.80. The molecule has 0 aliphatic carbocycles. The minimum absolute atomic E-state index is 0.190. The lowest BCUT2D eigenvalue weighted by molar-refractivity contribution is 0.523. The molecule has 8 nitrogen and oxygen atoms in total. The zero-order valence-electron chi connectivity index (χ0n) is 15.6. The van der Waals surface area contributed by atoms with Crippen LogP contribution in [-0.4, -0.2) is 31.5 Å². The van der Waals surface area contributed by atoms with Gasteiger partial charge < -0.3 is 11.1 Å². The van der Waals surface area contributed by atoms with Crippen LogP contribution in [0.15, 0.2) is 47.5 Å². The first-order chi connectivity index (χ1) is 14.6. The van der Waals surface area contributed by atoms with Crippen LogP contribution in [-0.2, 0) is 6.54 Å². The number of nitrogens with zero attached hydrogens (tertiary/aromatic N) is 4. The molecule has 4 aromatic rings. The highest BCUT2D eigenvalue weighted by Gasteiger charge is 2.38. The van der Waals surface area contributed by atoms with Crippen molar-refractivity contribution in [1.82, 2.24) is 25.0 Å². The maximum atomic E-state index is 14.2. The standard InChI is InChI=1S/C20H17F2N7O/c21-11-3-1-10(2-4-11)17-16(19-24-9-25-29(19)6-5-23)18-15-13(20(30)28-27-18)7-12(22)8-14(15)26-17/h1-4,7-9,16-17,26H,5-6,23H2,(H,28,30)/t16-,17-/m0/s1. The van der Waals surface area contributed by atoms with Crippen LogP contribution in [0.25, 0.3) is 10.8 Å². The molecule has 0 unspecified atom stereocenters. The van der Waals surface area contributed by atoms with E-state index in [0.29, 0.717) is 35.7 Å². The molecule has 4 N–H and O–H groups in total. The average molecular weight is 409 g/mol. The molecule has 152 valence electrons. The number of nitrogens with two attached hydrogens (primary N) is 1. The van der Waals surface area contributed by atoms with E-state index in [1.807, 2.05) is 0 Å². The van der Waals surface area contributed by atoms with Crippen molar-refractivity contribution in [1.29, 1.82) is 0 Å². The van der Waals surface area contributed by atoms with Gasteiger partial charge in [-0.2, -0.15) is 10.2 Å². The summed E-state index contributed by atoms with van der Waals surface area (Å²) in [5.41, 5.74) is 6.95. The second-order valence-corrected chi connectivity index (χ2v) is 7.10. The Bertz CT molecular complexity index is 1300. The molecular formula is C20H17F2N7O. The summed E-state index contributed by atoms with van der Waals surface area (Å²) in [7, 11) is 0. The van der Waals surface area contributed by atoms with E-state index in [9.17, 15) is 13.6 Å². The number of nitrogens with one attached hydrogen (secondary N) is 2. The summed E-state index contributed by atoms with van der Waals surface area (Å²) >= 11 is 0. The Hall–Kier alpha value is -3.66. The Morgan fingerprint density at radius 2 is 1.93 bits per heavy atom. The molecule has 0 radical (unpaired) electrons. The lowest BCUT2D eigenvalue weighted by atomic mass is 9.83. The summed E-state index contributed by atoms with van der Waals surface area (Å²) in [4.78, 5) is 16.8. The highest BCUT2D eigenvalue weighted by molar-refractivity contribution is 5.97. The second kappa shape index (κ2) is 6.99. The predicted molar refractivity (Wildman–Crippen MR) is 106 cm³/mol. The Kier molecular flexibility index (Phi) is 4.28. The van der Waals surface area contributed by atoms with Gasteiger partial charge in [-0.1, -0.05) is 12.1 Å². The maximum absolute atomic E-state index is 14.2. The summed E-state index contributed by atoms with van der Waals surface area (Å²) in [6.45, 7) is 0.790. The number of rotatable bonds is 4. The van der Waals surface area contributed by atoms with Crippen molar-refractivity contribution in [3.05, 3.63) is 81.8 Å². The molecule has 5 rings (SSSR count). The molecule has 3 heterocycles. The third-order valence-electron chi connectivity index (χ3n) is 5.31. The molecule has 0 saturated heterocycles. The van der Waals surface area contributed by atoms with Crippen molar-refractivity contribution < 1.29 is 8.78 Å². The van der Waals surface area contributed by atoms with E-state index >= 15 is 0 Å². The largest absolute Gasteiger partial charge is 0.376 e. The van der Waals surface area contributed by atoms with Gasteiger partial charge in [0.15, 0.2) is 0 Å². The number of hydrogen-bond acceptors (Lipinski definition) is 6. The fourth-order valence-electron chi connectivity index (χ4n) is 4.06. The monoisotopic (exact) mass is 409 g/mol. The van der Waals surface area contributed by atoms with Crippen LogP contribution in [0.5, 0.6) is 0 Å². The highest BCUT2D eigenvalue weighted by atomic mass is 19.1. The van der Waals surface area contributed by atoms with Gasteiger partial charge in [-0.15, -0.1) is 0 Å². The molecule has 10 heteroatoms. The van der Waals surface area contributed by atoms with E-state index in [-0.39, 0.29) is 11.2 Å². The zero-order chi connectivity index (χ0) is 20.8. The molecule has 2 aromatic heterocycles. The van der Waals surface area contributed by atoms with Crippen LogP contribution < -0.4 is 16.6 Å². The predicted octanol–water partition coefficient (Wildman–Crippen LogP) is 2.05. The van der Waals surface area contributed by atoms with Crippen LogP contribution >= 0.6 is 0 Å². The first-order valence-electron chi connectivity index (χ1n) is 9.38. The van der Waals surface area contributed by atoms with Crippen molar-refractivity contribution in [3.63, 3.8) is 0 Å². The molecule has 0 bridgehead atoms. The van der Waals surface area contributed by atoms with E-state index < -0.39 is 23.3 Å². The number of anilines is 1. The Labute approximate surface area is 168 Å². The molecule has 1 aliphatic rings. The van der Waals surface area contributed by atoms with Gasteiger partial charge in [0, 0.05) is 17.6 Å². The minimum Gasteiger partial charge on any atom is -0.376 e. The van der Waals surface area contributed by atoms with E-state index in [2.05, 4.69) is 25.6 Å². The van der Waals surface area contributed by atoms with Crippen molar-refractivity contribution in [2.45, 2.75) is 18.5 Å². The molecule has 30 heavy (non-hydrogen) atoms. The number of benzene rings is 2. The average Bonchev–Trinajstić information content (AvgIpc) is 3.18. The number of aromatic amines is 1. The van der Waals surface area contributed by atoms with Crippen LogP contribution in [0.3, 0.4) is 0 Å². The first-order valence-corrected chi connectivity index (χ1v) is 9.38. The van der Waals surface area contributed by atoms with E-state index in [1.54, 1.807) is 16.8 Å². The van der Waals surface area contributed by atoms with Gasteiger partial charge in [-0.25, -0.2) is 23.5 Å². The summed E-state index contributed by atoms with van der Waals surface area (Å²) in [6, 6.07) is 8.07. The molecule has 1 aliphatic heterocycles. The molecule has 2 aromatic carbocycles. The number of halogens is 2. The molecule has 0 amide bonds. The molecule has 0 saturated carbocycles. The smallest absolute Gasteiger partial charge is 0.272 e. The third kappa shape index (κ3) is 2.84. The van der Waals surface area contributed by atoms with E-state index in [1.165, 1.54) is 30.6 Å². The number of H-pyrrole nitrogens is 1. The van der Waals surface area contributed by atoms with Crippen LogP contribution in [0.4, 0.5) is 14.5 Å². The lowest BCUT2D eigenvalue weighted by Crippen LogP contribution is -2.30. The van der Waals surface area contributed by atoms with Gasteiger partial charge in [0.25, 0.3) is 5.56 Å². The molecule has 0 spiro atoms. The lowest BCUT2D eigenvalue weighted by Gasteiger charge is -2.34. The number of hydrogen-bond donors (Lipinski definition) is 3. The quantitative estimate of drug-likeness (QED) is 0.475. The molecule has 0 fully saturated rings. The van der Waals surface area contributed by atoms with Gasteiger partial charge in [0.1, 0.15) is 23.8 Å². The third-order valence-corrected chi connectivity index (χ3v) is 5.31. The van der Waals surface area contributed by atoms with E-state index in [4.69, 9.17) is 5.73 Å². The number of aromatic nitrogens is 5. The fraction of sp³-hybridized carbons (Fsp3) is 0.200. The topological polar surface area (TPSA) is 115 Å².